The number of unbranched alkanes of at least 4 members (excludes halogenated alkanes) is 4. The third-order valence-electron chi connectivity index (χ3n) is 3.53. The Labute approximate surface area is 128 Å². The van der Waals surface area contributed by atoms with E-state index in [1.54, 1.807) is 14.2 Å². The van der Waals surface area contributed by atoms with Gasteiger partial charge in [-0.2, -0.15) is 0 Å². The predicted octanol–water partition coefficient (Wildman–Crippen LogP) is 5.21. The lowest BCUT2D eigenvalue weighted by atomic mass is 10.0. The second kappa shape index (κ2) is 9.93. The van der Waals surface area contributed by atoms with Gasteiger partial charge in [-0.15, -0.1) is 11.6 Å². The summed E-state index contributed by atoms with van der Waals surface area (Å²) in [6, 6.07) is 6.03. The van der Waals surface area contributed by atoms with Gasteiger partial charge in [-0.3, -0.25) is 0 Å². The lowest BCUT2D eigenvalue weighted by Crippen LogP contribution is -2.04. The van der Waals surface area contributed by atoms with Crippen molar-refractivity contribution in [2.24, 2.45) is 0 Å². The fourth-order valence-electron chi connectivity index (χ4n) is 2.33. The van der Waals surface area contributed by atoms with Crippen molar-refractivity contribution in [1.82, 2.24) is 0 Å². The Bertz CT molecular complexity index is 379. The Kier molecular flexibility index (Phi) is 8.52. The van der Waals surface area contributed by atoms with Crippen LogP contribution in [0.5, 0.6) is 11.5 Å². The molecule has 2 nitrogen and oxygen atoms in total. The van der Waals surface area contributed by atoms with Crippen LogP contribution in [0.25, 0.3) is 0 Å². The van der Waals surface area contributed by atoms with E-state index < -0.39 is 0 Å². The van der Waals surface area contributed by atoms with E-state index in [-0.39, 0.29) is 5.38 Å². The smallest absolute Gasteiger partial charge is 0.160 e. The second-order valence-electron chi connectivity index (χ2n) is 5.19. The normalized spacial score (nSPS) is 12.2. The zero-order valence-electron chi connectivity index (χ0n) is 13.0. The van der Waals surface area contributed by atoms with Crippen LogP contribution in [0.2, 0.25) is 0 Å². The molecule has 1 rings (SSSR count). The van der Waals surface area contributed by atoms with E-state index in [0.29, 0.717) is 0 Å². The quantitative estimate of drug-likeness (QED) is 0.436. The molecular formula is C17H27ClO2. The average molecular weight is 299 g/mol. The van der Waals surface area contributed by atoms with E-state index in [1.807, 2.05) is 12.1 Å². The molecule has 0 radical (unpaired) electrons. The largest absolute Gasteiger partial charge is 0.493 e. The van der Waals surface area contributed by atoms with E-state index in [1.165, 1.54) is 37.7 Å². The summed E-state index contributed by atoms with van der Waals surface area (Å²) in [7, 11) is 3.31. The summed E-state index contributed by atoms with van der Waals surface area (Å²) in [6.45, 7) is 2.24. The molecule has 1 aromatic rings. The van der Waals surface area contributed by atoms with Crippen LogP contribution < -0.4 is 9.47 Å². The van der Waals surface area contributed by atoms with Crippen molar-refractivity contribution in [3.05, 3.63) is 23.8 Å². The van der Waals surface area contributed by atoms with Crippen LogP contribution in [-0.2, 0) is 6.42 Å². The fraction of sp³-hybridized carbons (Fsp3) is 0.647. The highest BCUT2D eigenvalue weighted by molar-refractivity contribution is 6.20. The number of methoxy groups -OCH3 is 2. The fourth-order valence-corrected chi connectivity index (χ4v) is 2.67. The summed E-state index contributed by atoms with van der Waals surface area (Å²) < 4.78 is 10.6. The van der Waals surface area contributed by atoms with E-state index in [9.17, 15) is 0 Å². The van der Waals surface area contributed by atoms with E-state index >= 15 is 0 Å². The molecule has 114 valence electrons. The van der Waals surface area contributed by atoms with Crippen LogP contribution in [0.4, 0.5) is 0 Å². The molecule has 3 heteroatoms. The first-order chi connectivity index (χ1) is 9.71. The van der Waals surface area contributed by atoms with Crippen molar-refractivity contribution in [3.63, 3.8) is 0 Å². The second-order valence-corrected chi connectivity index (χ2v) is 5.81. The zero-order valence-corrected chi connectivity index (χ0v) is 13.7. The maximum absolute atomic E-state index is 6.43. The molecule has 1 atom stereocenters. The van der Waals surface area contributed by atoms with Crippen molar-refractivity contribution < 1.29 is 9.47 Å². The van der Waals surface area contributed by atoms with Gasteiger partial charge < -0.3 is 9.47 Å². The number of ether oxygens (including phenoxy) is 2. The molecule has 0 bridgehead atoms. The Morgan fingerprint density at radius 1 is 1.00 bits per heavy atom. The average Bonchev–Trinajstić information content (AvgIpc) is 2.46. The Morgan fingerprint density at radius 2 is 1.70 bits per heavy atom. The van der Waals surface area contributed by atoms with Crippen molar-refractivity contribution in [1.29, 1.82) is 0 Å². The third kappa shape index (κ3) is 6.04. The number of halogens is 1. The molecule has 0 amide bonds. The molecule has 0 spiro atoms. The first-order valence-electron chi connectivity index (χ1n) is 7.56. The van der Waals surface area contributed by atoms with Crippen molar-refractivity contribution in [3.8, 4) is 11.5 Å². The summed E-state index contributed by atoms with van der Waals surface area (Å²) in [5, 5.41) is 0.203. The van der Waals surface area contributed by atoms with Gasteiger partial charge in [-0.05, 0) is 30.5 Å². The summed E-state index contributed by atoms with van der Waals surface area (Å²) in [4.78, 5) is 0. The third-order valence-corrected chi connectivity index (χ3v) is 3.90. The SMILES string of the molecule is CCCCCCCC(Cl)Cc1ccc(OC)c(OC)c1. The maximum Gasteiger partial charge on any atom is 0.160 e. The lowest BCUT2D eigenvalue weighted by molar-refractivity contribution is 0.354. The Balaban J connectivity index is 2.39. The van der Waals surface area contributed by atoms with Crippen molar-refractivity contribution in [2.75, 3.05) is 14.2 Å². The molecule has 0 N–H and O–H groups in total. The van der Waals surface area contributed by atoms with Gasteiger partial charge in [0.25, 0.3) is 0 Å². The van der Waals surface area contributed by atoms with Crippen molar-refractivity contribution >= 4 is 11.6 Å². The van der Waals surface area contributed by atoms with Gasteiger partial charge in [0.2, 0.25) is 0 Å². The predicted molar refractivity (Wildman–Crippen MR) is 86.3 cm³/mol. The van der Waals surface area contributed by atoms with Crippen molar-refractivity contribution in [2.45, 2.75) is 57.2 Å². The molecule has 0 saturated carbocycles. The van der Waals surface area contributed by atoms with Crippen LogP contribution in [0.1, 0.15) is 51.0 Å². The number of hydrogen-bond acceptors (Lipinski definition) is 2. The minimum atomic E-state index is 0.203. The lowest BCUT2D eigenvalue weighted by Gasteiger charge is -2.12. The first kappa shape index (κ1) is 17.2. The van der Waals surface area contributed by atoms with Gasteiger partial charge in [0.05, 0.1) is 14.2 Å². The summed E-state index contributed by atoms with van der Waals surface area (Å²) in [5.41, 5.74) is 1.20. The number of benzene rings is 1. The minimum Gasteiger partial charge on any atom is -0.493 e. The van der Waals surface area contributed by atoms with Crippen LogP contribution in [-0.4, -0.2) is 19.6 Å². The molecule has 0 heterocycles. The molecule has 20 heavy (non-hydrogen) atoms. The first-order valence-corrected chi connectivity index (χ1v) is 7.99. The molecule has 0 fully saturated rings. The Morgan fingerprint density at radius 3 is 2.35 bits per heavy atom. The zero-order chi connectivity index (χ0) is 14.8. The number of alkyl halides is 1. The standard InChI is InChI=1S/C17H27ClO2/c1-4-5-6-7-8-9-15(18)12-14-10-11-16(19-2)17(13-14)20-3/h10-11,13,15H,4-9,12H2,1-3H3. The van der Waals surface area contributed by atoms with Gasteiger partial charge in [0, 0.05) is 5.38 Å². The number of hydrogen-bond donors (Lipinski definition) is 0. The molecule has 0 aliphatic carbocycles. The highest BCUT2D eigenvalue weighted by Gasteiger charge is 2.09. The summed E-state index contributed by atoms with van der Waals surface area (Å²) >= 11 is 6.43. The highest BCUT2D eigenvalue weighted by Crippen LogP contribution is 2.28. The minimum absolute atomic E-state index is 0.203. The van der Waals surface area contributed by atoms with E-state index in [0.717, 1.165) is 24.3 Å². The molecule has 0 aliphatic heterocycles. The monoisotopic (exact) mass is 298 g/mol. The molecule has 0 saturated heterocycles. The van der Waals surface area contributed by atoms with E-state index in [4.69, 9.17) is 21.1 Å². The molecule has 0 aliphatic rings. The molecular weight excluding hydrogens is 272 g/mol. The molecule has 0 aromatic heterocycles. The van der Waals surface area contributed by atoms with Gasteiger partial charge in [-0.1, -0.05) is 45.1 Å². The summed E-state index contributed by atoms with van der Waals surface area (Å²) in [5.74, 6) is 1.54. The van der Waals surface area contributed by atoms with Crippen LogP contribution in [0.15, 0.2) is 18.2 Å². The van der Waals surface area contributed by atoms with E-state index in [2.05, 4.69) is 13.0 Å². The van der Waals surface area contributed by atoms with Gasteiger partial charge in [0.1, 0.15) is 0 Å². The van der Waals surface area contributed by atoms with Gasteiger partial charge >= 0.3 is 0 Å². The summed E-state index contributed by atoms with van der Waals surface area (Å²) in [6.07, 6.45) is 8.44. The molecule has 1 aromatic carbocycles. The van der Waals surface area contributed by atoms with Crippen LogP contribution in [0, 0.1) is 0 Å². The van der Waals surface area contributed by atoms with Gasteiger partial charge in [0.15, 0.2) is 11.5 Å². The topological polar surface area (TPSA) is 18.5 Å². The van der Waals surface area contributed by atoms with Crippen LogP contribution in [0.3, 0.4) is 0 Å². The van der Waals surface area contributed by atoms with Crippen LogP contribution >= 0.6 is 11.6 Å². The Hall–Kier alpha value is -0.890. The van der Waals surface area contributed by atoms with Gasteiger partial charge in [-0.25, -0.2) is 0 Å². The number of rotatable bonds is 10. The molecule has 1 unspecified atom stereocenters. The maximum atomic E-state index is 6.43. The highest BCUT2D eigenvalue weighted by atomic mass is 35.5.